The lowest BCUT2D eigenvalue weighted by atomic mass is 10.4. The molecule has 0 aromatic carbocycles. The van der Waals surface area contributed by atoms with Crippen LogP contribution in [0.2, 0.25) is 0 Å². The quantitative estimate of drug-likeness (QED) is 0.746. The van der Waals surface area contributed by atoms with Crippen LogP contribution in [-0.4, -0.2) is 21.4 Å². The molecule has 0 amide bonds. The maximum atomic E-state index is 11.8. The maximum Gasteiger partial charge on any atom is 0.396 e. The van der Waals surface area contributed by atoms with Crippen molar-refractivity contribution in [1.82, 2.24) is 15.2 Å². The minimum Gasteiger partial charge on any atom is -0.263 e. The number of alkyl halides is 3. The Balaban J connectivity index is 2.64. The summed E-state index contributed by atoms with van der Waals surface area (Å²) < 4.78 is 35.3. The first-order chi connectivity index (χ1) is 5.51. The van der Waals surface area contributed by atoms with Crippen molar-refractivity contribution in [3.05, 3.63) is 11.6 Å². The molecule has 0 aliphatic carbocycles. The molecule has 0 bridgehead atoms. The van der Waals surface area contributed by atoms with Crippen molar-refractivity contribution >= 4 is 0 Å². The smallest absolute Gasteiger partial charge is 0.263 e. The molecule has 0 saturated heterocycles. The SMILES string of the molecule is CCc1n[nH]c(CC(F)(F)F)n1. The summed E-state index contributed by atoms with van der Waals surface area (Å²) >= 11 is 0. The van der Waals surface area contributed by atoms with Crippen LogP contribution in [0.4, 0.5) is 13.2 Å². The number of nitrogens with zero attached hydrogens (tertiary/aromatic N) is 2. The summed E-state index contributed by atoms with van der Waals surface area (Å²) in [5.74, 6) is 0.286. The molecule has 0 aliphatic heterocycles. The van der Waals surface area contributed by atoms with Crippen LogP contribution in [0.1, 0.15) is 18.6 Å². The van der Waals surface area contributed by atoms with Crippen molar-refractivity contribution in [2.75, 3.05) is 0 Å². The van der Waals surface area contributed by atoms with Gasteiger partial charge in [0.2, 0.25) is 0 Å². The summed E-state index contributed by atoms with van der Waals surface area (Å²) in [5, 5.41) is 5.81. The number of hydrogen-bond acceptors (Lipinski definition) is 2. The van der Waals surface area contributed by atoms with Crippen molar-refractivity contribution in [2.45, 2.75) is 25.9 Å². The van der Waals surface area contributed by atoms with Crippen molar-refractivity contribution in [1.29, 1.82) is 0 Å². The molecular formula is C6H8F3N3. The Kier molecular flexibility index (Phi) is 2.35. The van der Waals surface area contributed by atoms with Crippen LogP contribution in [-0.2, 0) is 12.8 Å². The molecule has 0 spiro atoms. The summed E-state index contributed by atoms with van der Waals surface area (Å²) in [5.41, 5.74) is 0. The van der Waals surface area contributed by atoms with E-state index in [-0.39, 0.29) is 5.82 Å². The number of H-pyrrole nitrogens is 1. The average Bonchev–Trinajstić information content (AvgIpc) is 2.32. The van der Waals surface area contributed by atoms with Crippen LogP contribution in [0.5, 0.6) is 0 Å². The van der Waals surface area contributed by atoms with E-state index in [9.17, 15) is 13.2 Å². The first-order valence-corrected chi connectivity index (χ1v) is 3.48. The second-order valence-electron chi connectivity index (χ2n) is 2.34. The van der Waals surface area contributed by atoms with Gasteiger partial charge in [-0.25, -0.2) is 4.98 Å². The van der Waals surface area contributed by atoms with E-state index < -0.39 is 12.6 Å². The maximum absolute atomic E-state index is 11.8. The van der Waals surface area contributed by atoms with E-state index in [2.05, 4.69) is 15.2 Å². The standard InChI is InChI=1S/C6H8F3N3/c1-2-4-10-5(12-11-4)3-6(7,8)9/h2-3H2,1H3,(H,10,11,12). The fraction of sp³-hybridized carbons (Fsp3) is 0.667. The monoisotopic (exact) mass is 179 g/mol. The van der Waals surface area contributed by atoms with Gasteiger partial charge in [-0.3, -0.25) is 5.10 Å². The van der Waals surface area contributed by atoms with Gasteiger partial charge in [-0.2, -0.15) is 18.3 Å². The number of halogens is 3. The molecule has 6 heteroatoms. The Morgan fingerprint density at radius 3 is 2.50 bits per heavy atom. The number of hydrogen-bond donors (Lipinski definition) is 1. The topological polar surface area (TPSA) is 41.6 Å². The van der Waals surface area contributed by atoms with E-state index in [1.165, 1.54) is 0 Å². The number of aromatic amines is 1. The predicted molar refractivity (Wildman–Crippen MR) is 35.5 cm³/mol. The van der Waals surface area contributed by atoms with Crippen LogP contribution < -0.4 is 0 Å². The van der Waals surface area contributed by atoms with Crippen LogP contribution in [0.3, 0.4) is 0 Å². The average molecular weight is 179 g/mol. The van der Waals surface area contributed by atoms with Crippen LogP contribution in [0, 0.1) is 0 Å². The van der Waals surface area contributed by atoms with Crippen molar-refractivity contribution in [3.8, 4) is 0 Å². The first kappa shape index (κ1) is 9.02. The fourth-order valence-corrected chi connectivity index (χ4v) is 0.762. The zero-order valence-electron chi connectivity index (χ0n) is 6.44. The summed E-state index contributed by atoms with van der Waals surface area (Å²) in [4.78, 5) is 3.63. The molecule has 0 atom stereocenters. The van der Waals surface area contributed by atoms with E-state index in [1.807, 2.05) is 0 Å². The van der Waals surface area contributed by atoms with Gasteiger partial charge in [0, 0.05) is 6.42 Å². The molecule has 68 valence electrons. The normalized spacial score (nSPS) is 12.0. The highest BCUT2D eigenvalue weighted by Gasteiger charge is 2.29. The Morgan fingerprint density at radius 1 is 1.42 bits per heavy atom. The molecule has 1 aromatic rings. The van der Waals surface area contributed by atoms with E-state index in [4.69, 9.17) is 0 Å². The van der Waals surface area contributed by atoms with E-state index in [0.717, 1.165) is 0 Å². The van der Waals surface area contributed by atoms with Gasteiger partial charge in [0.15, 0.2) is 0 Å². The summed E-state index contributed by atoms with van der Waals surface area (Å²) in [6.07, 6.45) is -4.72. The molecule has 1 rings (SSSR count). The Hall–Kier alpha value is -1.07. The second-order valence-corrected chi connectivity index (χ2v) is 2.34. The Morgan fingerprint density at radius 2 is 2.08 bits per heavy atom. The molecule has 1 heterocycles. The summed E-state index contributed by atoms with van der Waals surface area (Å²) in [7, 11) is 0. The fourth-order valence-electron chi connectivity index (χ4n) is 0.762. The lowest BCUT2D eigenvalue weighted by Crippen LogP contribution is -2.12. The molecule has 0 radical (unpaired) electrons. The number of aromatic nitrogens is 3. The van der Waals surface area contributed by atoms with Gasteiger partial charge < -0.3 is 0 Å². The van der Waals surface area contributed by atoms with Gasteiger partial charge in [-0.1, -0.05) is 6.92 Å². The van der Waals surface area contributed by atoms with Gasteiger partial charge in [-0.15, -0.1) is 0 Å². The Labute approximate surface area is 67.0 Å². The van der Waals surface area contributed by atoms with E-state index >= 15 is 0 Å². The predicted octanol–water partition coefficient (Wildman–Crippen LogP) is 1.47. The van der Waals surface area contributed by atoms with E-state index in [1.54, 1.807) is 6.92 Å². The van der Waals surface area contributed by atoms with Gasteiger partial charge in [-0.05, 0) is 0 Å². The lowest BCUT2D eigenvalue weighted by molar-refractivity contribution is -0.128. The second kappa shape index (κ2) is 3.12. The zero-order chi connectivity index (χ0) is 9.19. The van der Waals surface area contributed by atoms with Crippen LogP contribution in [0.15, 0.2) is 0 Å². The highest BCUT2D eigenvalue weighted by Crippen LogP contribution is 2.18. The molecule has 12 heavy (non-hydrogen) atoms. The van der Waals surface area contributed by atoms with E-state index in [0.29, 0.717) is 12.2 Å². The molecule has 3 nitrogen and oxygen atoms in total. The summed E-state index contributed by atoms with van der Waals surface area (Å²) in [6, 6.07) is 0. The third kappa shape index (κ3) is 2.52. The molecule has 0 aliphatic rings. The minimum atomic E-state index is -4.22. The highest BCUT2D eigenvalue weighted by molar-refractivity contribution is 4.91. The lowest BCUT2D eigenvalue weighted by Gasteiger charge is -2.00. The van der Waals surface area contributed by atoms with Gasteiger partial charge >= 0.3 is 6.18 Å². The van der Waals surface area contributed by atoms with Gasteiger partial charge in [0.25, 0.3) is 0 Å². The molecule has 1 N–H and O–H groups in total. The van der Waals surface area contributed by atoms with Crippen molar-refractivity contribution in [3.63, 3.8) is 0 Å². The van der Waals surface area contributed by atoms with Crippen molar-refractivity contribution < 1.29 is 13.2 Å². The van der Waals surface area contributed by atoms with Gasteiger partial charge in [0.1, 0.15) is 18.1 Å². The molecule has 0 fully saturated rings. The molecule has 0 unspecified atom stereocenters. The van der Waals surface area contributed by atoms with Crippen LogP contribution in [0.25, 0.3) is 0 Å². The molecule has 0 saturated carbocycles. The first-order valence-electron chi connectivity index (χ1n) is 3.48. The number of nitrogens with one attached hydrogen (secondary N) is 1. The molecular weight excluding hydrogens is 171 g/mol. The highest BCUT2D eigenvalue weighted by atomic mass is 19.4. The van der Waals surface area contributed by atoms with Gasteiger partial charge in [0.05, 0.1) is 0 Å². The third-order valence-corrected chi connectivity index (χ3v) is 1.26. The summed E-state index contributed by atoms with van der Waals surface area (Å²) in [6.45, 7) is 1.78. The largest absolute Gasteiger partial charge is 0.396 e. The van der Waals surface area contributed by atoms with Crippen molar-refractivity contribution in [2.24, 2.45) is 0 Å². The zero-order valence-corrected chi connectivity index (χ0v) is 6.44. The molecule has 1 aromatic heterocycles. The third-order valence-electron chi connectivity index (χ3n) is 1.26. The minimum absolute atomic E-state index is 0.126. The number of rotatable bonds is 2. The Bertz CT molecular complexity index is 253. The van der Waals surface area contributed by atoms with Crippen LogP contribution >= 0.6 is 0 Å². The number of aryl methyl sites for hydroxylation is 1.